The third kappa shape index (κ3) is 3.14. The molecule has 0 amide bonds. The monoisotopic (exact) mass is 481 g/mol. The highest BCUT2D eigenvalue weighted by molar-refractivity contribution is 5.84. The average Bonchev–Trinajstić information content (AvgIpc) is 3.62. The molecule has 1 aromatic carbocycles. The van der Waals surface area contributed by atoms with Crippen LogP contribution in [0.1, 0.15) is 58.8 Å². The van der Waals surface area contributed by atoms with Gasteiger partial charge in [-0.15, -0.1) is 0 Å². The number of carbonyl (C=O) groups is 1. The van der Waals surface area contributed by atoms with Crippen LogP contribution in [0, 0.1) is 28.6 Å². The third-order valence-corrected chi connectivity index (χ3v) is 10.4. The van der Waals surface area contributed by atoms with Crippen LogP contribution >= 0.6 is 0 Å². The molecule has 5 heteroatoms. The second-order valence-corrected chi connectivity index (χ2v) is 12.0. The maximum atomic E-state index is 12.5. The lowest BCUT2D eigenvalue weighted by Gasteiger charge is -2.57. The Labute approximate surface area is 212 Å². The van der Waals surface area contributed by atoms with E-state index in [0.29, 0.717) is 5.92 Å². The van der Waals surface area contributed by atoms with E-state index < -0.39 is 0 Å². The summed E-state index contributed by atoms with van der Waals surface area (Å²) in [6.45, 7) is 5.05. The van der Waals surface area contributed by atoms with E-state index in [4.69, 9.17) is 4.74 Å². The zero-order valence-electron chi connectivity index (χ0n) is 21.3. The van der Waals surface area contributed by atoms with E-state index in [1.165, 1.54) is 52.3 Å². The maximum Gasteiger partial charge on any atom is 0.419 e. The van der Waals surface area contributed by atoms with Crippen LogP contribution in [0.5, 0.6) is 0 Å². The minimum Gasteiger partial charge on any atom is -0.445 e. The molecular weight excluding hydrogens is 446 g/mol. The van der Waals surface area contributed by atoms with Crippen molar-refractivity contribution in [1.29, 1.82) is 0 Å². The predicted molar refractivity (Wildman–Crippen MR) is 141 cm³/mol. The summed E-state index contributed by atoms with van der Waals surface area (Å²) in [5, 5.41) is 1.32. The van der Waals surface area contributed by atoms with E-state index in [1.807, 2.05) is 0 Å². The van der Waals surface area contributed by atoms with Gasteiger partial charge in [-0.25, -0.2) is 14.3 Å². The molecule has 2 aromatic heterocycles. The van der Waals surface area contributed by atoms with Crippen molar-refractivity contribution < 1.29 is 9.53 Å². The van der Waals surface area contributed by atoms with E-state index in [0.717, 1.165) is 37.5 Å². The molecule has 0 spiro atoms. The molecule has 0 bridgehead atoms. The van der Waals surface area contributed by atoms with Crippen molar-refractivity contribution in [1.82, 2.24) is 14.1 Å². The summed E-state index contributed by atoms with van der Waals surface area (Å²) in [6.07, 6.45) is 19.6. The van der Waals surface area contributed by atoms with E-state index in [2.05, 4.69) is 72.1 Å². The Hall–Kier alpha value is -3.08. The van der Waals surface area contributed by atoms with Gasteiger partial charge in [0.15, 0.2) is 0 Å². The smallest absolute Gasteiger partial charge is 0.419 e. The highest BCUT2D eigenvalue weighted by Crippen LogP contribution is 2.65. The number of fused-ring (bicyclic) bond motifs is 6. The zero-order valence-corrected chi connectivity index (χ0v) is 21.3. The largest absolute Gasteiger partial charge is 0.445 e. The first-order chi connectivity index (χ1) is 17.5. The van der Waals surface area contributed by atoms with Crippen LogP contribution in [0.25, 0.3) is 16.6 Å². The summed E-state index contributed by atoms with van der Waals surface area (Å²) < 4.78 is 9.78. The van der Waals surface area contributed by atoms with Crippen LogP contribution in [-0.2, 0) is 4.74 Å². The van der Waals surface area contributed by atoms with Crippen LogP contribution in [0.3, 0.4) is 0 Å². The fourth-order valence-electron chi connectivity index (χ4n) is 8.51. The normalized spacial score (nSPS) is 35.4. The first kappa shape index (κ1) is 22.1. The molecule has 0 N–H and O–H groups in total. The van der Waals surface area contributed by atoms with Gasteiger partial charge in [0, 0.05) is 36.1 Å². The molecule has 2 saturated carbocycles. The minimum absolute atomic E-state index is 0.0357. The SMILES string of the molecule is C[C@]12CC[C@H](OC(=O)n3ccnc3)CC1=CCC1C2CC[C@]2(C)C(n3ccc4ccccc43)=CCC12. The maximum absolute atomic E-state index is 12.5. The van der Waals surface area contributed by atoms with Crippen molar-refractivity contribution in [3.63, 3.8) is 0 Å². The number of carbonyl (C=O) groups excluding carboxylic acids is 1. The summed E-state index contributed by atoms with van der Waals surface area (Å²) in [4.78, 5) is 16.5. The van der Waals surface area contributed by atoms with Gasteiger partial charge in [-0.2, -0.15) is 0 Å². The molecule has 3 unspecified atom stereocenters. The van der Waals surface area contributed by atoms with Gasteiger partial charge < -0.3 is 9.30 Å². The molecule has 186 valence electrons. The number of hydrogen-bond acceptors (Lipinski definition) is 3. The van der Waals surface area contributed by atoms with Crippen molar-refractivity contribution in [2.45, 2.75) is 64.9 Å². The van der Waals surface area contributed by atoms with Gasteiger partial charge in [0.1, 0.15) is 12.4 Å². The van der Waals surface area contributed by atoms with Crippen LogP contribution < -0.4 is 0 Å². The number of ether oxygens (including phenoxy) is 1. The summed E-state index contributed by atoms with van der Waals surface area (Å²) in [7, 11) is 0. The minimum atomic E-state index is -0.314. The average molecular weight is 482 g/mol. The van der Waals surface area contributed by atoms with Gasteiger partial charge in [0.25, 0.3) is 0 Å². The highest BCUT2D eigenvalue weighted by Gasteiger charge is 2.57. The van der Waals surface area contributed by atoms with Crippen LogP contribution in [-0.4, -0.2) is 26.3 Å². The molecule has 7 rings (SSSR count). The Morgan fingerprint density at radius 2 is 1.86 bits per heavy atom. The van der Waals surface area contributed by atoms with E-state index in [-0.39, 0.29) is 23.0 Å². The van der Waals surface area contributed by atoms with E-state index in [1.54, 1.807) is 12.4 Å². The summed E-state index contributed by atoms with van der Waals surface area (Å²) >= 11 is 0. The van der Waals surface area contributed by atoms with Gasteiger partial charge in [-0.3, -0.25) is 0 Å². The van der Waals surface area contributed by atoms with Crippen LogP contribution in [0.2, 0.25) is 0 Å². The third-order valence-electron chi connectivity index (χ3n) is 10.4. The standard InChI is InChI=1S/C31H35N3O2/c1-30-14-11-23(36-29(35)33-18-16-32-20-33)19-22(30)7-8-24-25-9-10-28(31(25,2)15-12-26(24)30)34-17-13-21-5-3-4-6-27(21)34/h3-7,10,13,16-18,20,23-26H,8-9,11-12,14-15,19H2,1-2H3/t23-,24?,25?,26?,30-,31-/m0/s1. The van der Waals surface area contributed by atoms with Crippen molar-refractivity contribution in [2.24, 2.45) is 28.6 Å². The number of nitrogens with zero attached hydrogens (tertiary/aromatic N) is 3. The van der Waals surface area contributed by atoms with Crippen molar-refractivity contribution in [2.75, 3.05) is 0 Å². The lowest BCUT2D eigenvalue weighted by molar-refractivity contribution is -0.0271. The van der Waals surface area contributed by atoms with Gasteiger partial charge in [0.05, 0.1) is 5.52 Å². The highest BCUT2D eigenvalue weighted by atomic mass is 16.6. The fraction of sp³-hybridized carbons (Fsp3) is 0.484. The quantitative estimate of drug-likeness (QED) is 0.361. The summed E-state index contributed by atoms with van der Waals surface area (Å²) in [5.74, 6) is 2.13. The van der Waals surface area contributed by atoms with Crippen LogP contribution in [0.15, 0.2) is 73.0 Å². The van der Waals surface area contributed by atoms with Gasteiger partial charge >= 0.3 is 6.09 Å². The molecule has 2 heterocycles. The first-order valence-electron chi connectivity index (χ1n) is 13.6. The Kier molecular flexibility index (Phi) is 4.90. The van der Waals surface area contributed by atoms with E-state index in [9.17, 15) is 4.79 Å². The fourth-order valence-corrected chi connectivity index (χ4v) is 8.51. The Morgan fingerprint density at radius 1 is 1.00 bits per heavy atom. The second kappa shape index (κ2) is 7.96. The number of imidazole rings is 1. The molecule has 5 nitrogen and oxygen atoms in total. The summed E-state index contributed by atoms with van der Waals surface area (Å²) in [6, 6.07) is 11.0. The molecule has 36 heavy (non-hydrogen) atoms. The molecule has 6 atom stereocenters. The van der Waals surface area contributed by atoms with Crippen molar-refractivity contribution in [3.8, 4) is 0 Å². The molecule has 3 aromatic rings. The lowest BCUT2D eigenvalue weighted by Crippen LogP contribution is -2.50. The Morgan fingerprint density at radius 3 is 2.72 bits per heavy atom. The number of allylic oxidation sites excluding steroid dienone is 3. The molecule has 4 aliphatic carbocycles. The predicted octanol–water partition coefficient (Wildman–Crippen LogP) is 7.30. The van der Waals surface area contributed by atoms with Crippen molar-refractivity contribution >= 4 is 22.7 Å². The number of aromatic nitrogens is 3. The van der Waals surface area contributed by atoms with E-state index >= 15 is 0 Å². The molecule has 4 aliphatic rings. The van der Waals surface area contributed by atoms with Crippen molar-refractivity contribution in [3.05, 3.63) is 73.0 Å². The molecule has 0 saturated heterocycles. The van der Waals surface area contributed by atoms with Gasteiger partial charge in [-0.05, 0) is 79.2 Å². The van der Waals surface area contributed by atoms with Gasteiger partial charge in [0.2, 0.25) is 0 Å². The zero-order chi connectivity index (χ0) is 24.5. The van der Waals surface area contributed by atoms with Gasteiger partial charge in [-0.1, -0.05) is 49.8 Å². The molecule has 0 aliphatic heterocycles. The lowest BCUT2D eigenvalue weighted by atomic mass is 9.47. The summed E-state index contributed by atoms with van der Waals surface area (Å²) in [5.41, 5.74) is 4.83. The Balaban J connectivity index is 1.13. The molecule has 0 radical (unpaired) electrons. The molecule has 2 fully saturated rings. The first-order valence-corrected chi connectivity index (χ1v) is 13.6. The number of rotatable bonds is 2. The topological polar surface area (TPSA) is 49.1 Å². The number of para-hydroxylation sites is 1. The second-order valence-electron chi connectivity index (χ2n) is 12.0. The number of hydrogen-bond donors (Lipinski definition) is 0. The Bertz CT molecular complexity index is 1380. The molecular formula is C31H35N3O2. The number of benzene rings is 1. The van der Waals surface area contributed by atoms with Crippen LogP contribution in [0.4, 0.5) is 4.79 Å².